The van der Waals surface area contributed by atoms with E-state index in [1.54, 1.807) is 36.4 Å². The van der Waals surface area contributed by atoms with Crippen LogP contribution in [0.25, 0.3) is 5.57 Å². The molecule has 1 N–H and O–H groups in total. The van der Waals surface area contributed by atoms with Crippen LogP contribution < -0.4 is 0 Å². The fourth-order valence-corrected chi connectivity index (χ4v) is 2.76. The van der Waals surface area contributed by atoms with E-state index in [4.69, 9.17) is 5.26 Å². The molecule has 2 aromatic rings. The van der Waals surface area contributed by atoms with Crippen molar-refractivity contribution in [3.8, 4) is 6.07 Å². The van der Waals surface area contributed by atoms with E-state index in [1.165, 1.54) is 12.1 Å². The zero-order valence-corrected chi connectivity index (χ0v) is 12.1. The molecule has 0 heterocycles. The number of hydrogen-bond acceptors (Lipinski definition) is 3. The molecule has 21 heavy (non-hydrogen) atoms. The van der Waals surface area contributed by atoms with Crippen LogP contribution in [0.5, 0.6) is 0 Å². The first kappa shape index (κ1) is 15.0. The van der Waals surface area contributed by atoms with E-state index in [2.05, 4.69) is 0 Å². The maximum Gasteiger partial charge on any atom is 0.295 e. The number of nitriles is 1. The second kappa shape index (κ2) is 5.92. The molecule has 0 saturated heterocycles. The molecule has 0 bridgehead atoms. The van der Waals surface area contributed by atoms with Gasteiger partial charge in [-0.25, -0.2) is 0 Å². The third-order valence-electron chi connectivity index (χ3n) is 3.00. The van der Waals surface area contributed by atoms with E-state index in [9.17, 15) is 13.0 Å². The Morgan fingerprint density at radius 1 is 1.19 bits per heavy atom. The first-order chi connectivity index (χ1) is 9.93. The highest BCUT2D eigenvalue weighted by Crippen LogP contribution is 2.29. The Bertz CT molecular complexity index is 832. The number of nitrogens with zero attached hydrogens (tertiary/aromatic N) is 1. The molecule has 0 aliphatic heterocycles. The molecule has 0 fully saturated rings. The SMILES string of the molecule is Cc1ccc(S(=O)(=O)O)c(C(=CC#N)c2ccccc2)c1. The maximum atomic E-state index is 11.6. The summed E-state index contributed by atoms with van der Waals surface area (Å²) in [7, 11) is -4.37. The molecule has 0 radical (unpaired) electrons. The fourth-order valence-electron chi connectivity index (χ4n) is 2.08. The quantitative estimate of drug-likeness (QED) is 0.697. The fraction of sp³-hybridized carbons (Fsp3) is 0.0625. The standard InChI is InChI=1S/C16H13NO3S/c1-12-7-8-16(21(18,19)20)15(11-12)14(9-10-17)13-5-3-2-4-6-13/h2-9,11H,1H3,(H,18,19,20). The first-order valence-corrected chi connectivity index (χ1v) is 7.61. The number of rotatable bonds is 3. The minimum Gasteiger partial charge on any atom is -0.282 e. The highest BCUT2D eigenvalue weighted by atomic mass is 32.2. The van der Waals surface area contributed by atoms with E-state index in [0.717, 1.165) is 5.56 Å². The van der Waals surface area contributed by atoms with Gasteiger partial charge < -0.3 is 0 Å². The lowest BCUT2D eigenvalue weighted by atomic mass is 9.96. The average Bonchev–Trinajstić information content (AvgIpc) is 2.44. The Morgan fingerprint density at radius 2 is 1.86 bits per heavy atom. The molecular formula is C16H13NO3S. The smallest absolute Gasteiger partial charge is 0.282 e. The van der Waals surface area contributed by atoms with Gasteiger partial charge in [-0.05, 0) is 24.6 Å². The van der Waals surface area contributed by atoms with Gasteiger partial charge in [0.05, 0.1) is 6.07 Å². The van der Waals surface area contributed by atoms with Crippen molar-refractivity contribution >= 4 is 15.7 Å². The molecule has 0 amide bonds. The van der Waals surface area contributed by atoms with Crippen LogP contribution in [0.3, 0.4) is 0 Å². The molecule has 0 unspecified atom stereocenters. The molecule has 5 heteroatoms. The number of hydrogen-bond donors (Lipinski definition) is 1. The van der Waals surface area contributed by atoms with E-state index in [-0.39, 0.29) is 4.90 Å². The van der Waals surface area contributed by atoms with Crippen molar-refractivity contribution in [1.29, 1.82) is 5.26 Å². The molecule has 0 saturated carbocycles. The van der Waals surface area contributed by atoms with Gasteiger partial charge >= 0.3 is 0 Å². The zero-order valence-electron chi connectivity index (χ0n) is 11.3. The molecule has 2 aromatic carbocycles. The molecular weight excluding hydrogens is 286 g/mol. The van der Waals surface area contributed by atoms with Gasteiger partial charge in [0, 0.05) is 17.2 Å². The van der Waals surface area contributed by atoms with Crippen molar-refractivity contribution in [2.45, 2.75) is 11.8 Å². The van der Waals surface area contributed by atoms with E-state index in [0.29, 0.717) is 16.7 Å². The topological polar surface area (TPSA) is 78.2 Å². The molecule has 0 aliphatic carbocycles. The third kappa shape index (κ3) is 3.37. The van der Waals surface area contributed by atoms with Gasteiger partial charge in [-0.2, -0.15) is 13.7 Å². The van der Waals surface area contributed by atoms with Crippen LogP contribution in [0.1, 0.15) is 16.7 Å². The van der Waals surface area contributed by atoms with Crippen LogP contribution in [0.15, 0.2) is 59.5 Å². The monoisotopic (exact) mass is 299 g/mol. The van der Waals surface area contributed by atoms with Gasteiger partial charge in [0.15, 0.2) is 0 Å². The summed E-state index contributed by atoms with van der Waals surface area (Å²) in [5.74, 6) is 0. The first-order valence-electron chi connectivity index (χ1n) is 6.17. The average molecular weight is 299 g/mol. The lowest BCUT2D eigenvalue weighted by Crippen LogP contribution is -2.04. The van der Waals surface area contributed by atoms with Gasteiger partial charge in [0.1, 0.15) is 4.90 Å². The van der Waals surface area contributed by atoms with Crippen LogP contribution in [-0.2, 0) is 10.1 Å². The summed E-state index contributed by atoms with van der Waals surface area (Å²) < 4.78 is 32.5. The largest absolute Gasteiger partial charge is 0.295 e. The van der Waals surface area contributed by atoms with Gasteiger partial charge in [-0.3, -0.25) is 4.55 Å². The van der Waals surface area contributed by atoms with Gasteiger partial charge in [0.25, 0.3) is 10.1 Å². The maximum absolute atomic E-state index is 11.6. The summed E-state index contributed by atoms with van der Waals surface area (Å²) in [6.07, 6.45) is 1.28. The molecule has 0 aromatic heterocycles. The van der Waals surface area contributed by atoms with Crippen LogP contribution in [0.4, 0.5) is 0 Å². The summed E-state index contributed by atoms with van der Waals surface area (Å²) in [5.41, 5.74) is 2.30. The van der Waals surface area contributed by atoms with Crippen molar-refractivity contribution in [3.63, 3.8) is 0 Å². The van der Waals surface area contributed by atoms with Gasteiger partial charge in [0.2, 0.25) is 0 Å². The number of aryl methyl sites for hydroxylation is 1. The molecule has 0 atom stereocenters. The Morgan fingerprint density at radius 3 is 2.43 bits per heavy atom. The predicted molar refractivity (Wildman–Crippen MR) is 80.1 cm³/mol. The third-order valence-corrected chi connectivity index (χ3v) is 3.91. The van der Waals surface area contributed by atoms with Crippen molar-refractivity contribution in [1.82, 2.24) is 0 Å². The highest BCUT2D eigenvalue weighted by Gasteiger charge is 2.19. The minimum atomic E-state index is -4.37. The number of benzene rings is 2. The summed E-state index contributed by atoms with van der Waals surface area (Å²) in [6, 6.07) is 15.5. The lowest BCUT2D eigenvalue weighted by Gasteiger charge is -2.12. The van der Waals surface area contributed by atoms with E-state index in [1.807, 2.05) is 19.1 Å². The van der Waals surface area contributed by atoms with Gasteiger partial charge in [-0.1, -0.05) is 42.0 Å². The van der Waals surface area contributed by atoms with Gasteiger partial charge in [-0.15, -0.1) is 0 Å². The summed E-state index contributed by atoms with van der Waals surface area (Å²) in [6.45, 7) is 1.81. The Hall–Kier alpha value is -2.42. The molecule has 0 aliphatic rings. The van der Waals surface area contributed by atoms with Crippen molar-refractivity contribution in [3.05, 3.63) is 71.3 Å². The van der Waals surface area contributed by atoms with Crippen LogP contribution >= 0.6 is 0 Å². The van der Waals surface area contributed by atoms with Crippen molar-refractivity contribution in [2.24, 2.45) is 0 Å². The Kier molecular flexibility index (Phi) is 4.22. The van der Waals surface area contributed by atoms with Crippen LogP contribution in [0.2, 0.25) is 0 Å². The summed E-state index contributed by atoms with van der Waals surface area (Å²) >= 11 is 0. The lowest BCUT2D eigenvalue weighted by molar-refractivity contribution is 0.483. The summed E-state index contributed by atoms with van der Waals surface area (Å²) in [5, 5.41) is 8.98. The van der Waals surface area contributed by atoms with E-state index >= 15 is 0 Å². The molecule has 2 rings (SSSR count). The van der Waals surface area contributed by atoms with Crippen molar-refractivity contribution in [2.75, 3.05) is 0 Å². The highest BCUT2D eigenvalue weighted by molar-refractivity contribution is 7.86. The molecule has 106 valence electrons. The van der Waals surface area contributed by atoms with Crippen LogP contribution in [-0.4, -0.2) is 13.0 Å². The molecule has 4 nitrogen and oxygen atoms in total. The number of allylic oxidation sites excluding steroid dienone is 1. The Balaban J connectivity index is 2.77. The summed E-state index contributed by atoms with van der Waals surface area (Å²) in [4.78, 5) is -0.210. The predicted octanol–water partition coefficient (Wildman–Crippen LogP) is 3.20. The second-order valence-corrected chi connectivity index (χ2v) is 5.92. The minimum absolute atomic E-state index is 0.210. The zero-order chi connectivity index (χ0) is 15.5. The van der Waals surface area contributed by atoms with Crippen molar-refractivity contribution < 1.29 is 13.0 Å². The normalized spacial score (nSPS) is 12.0. The van der Waals surface area contributed by atoms with E-state index < -0.39 is 10.1 Å². The Labute approximate surface area is 123 Å². The second-order valence-electron chi connectivity index (χ2n) is 4.53. The molecule has 0 spiro atoms. The van der Waals surface area contributed by atoms with Crippen LogP contribution in [0, 0.1) is 18.3 Å².